The minimum Gasteiger partial charge on any atom is -0.496 e. The maximum absolute atomic E-state index is 5.36. The van der Waals surface area contributed by atoms with Crippen LogP contribution in [0.5, 0.6) is 5.75 Å². The lowest BCUT2D eigenvalue weighted by Crippen LogP contribution is -2.02. The third-order valence-electron chi connectivity index (χ3n) is 4.44. The van der Waals surface area contributed by atoms with Crippen molar-refractivity contribution < 1.29 is 4.74 Å². The summed E-state index contributed by atoms with van der Waals surface area (Å²) in [6.45, 7) is 1.92. The largest absolute Gasteiger partial charge is 0.496 e. The second-order valence-corrected chi connectivity index (χ2v) is 7.21. The number of aryl methyl sites for hydroxylation is 3. The minimum atomic E-state index is 0.765. The molecule has 2 aromatic heterocycles. The Hall–Kier alpha value is -2.47. The van der Waals surface area contributed by atoms with E-state index in [4.69, 9.17) is 4.74 Å². The molecule has 3 aromatic rings. The molecule has 0 atom stereocenters. The second-order valence-electron chi connectivity index (χ2n) is 6.12. The third-order valence-corrected chi connectivity index (χ3v) is 5.63. The summed E-state index contributed by atoms with van der Waals surface area (Å²) in [5.41, 5.74) is 5.46. The predicted octanol–water partition coefficient (Wildman–Crippen LogP) is 4.33. The maximum atomic E-state index is 5.36. The first-order valence-corrected chi connectivity index (χ1v) is 9.29. The van der Waals surface area contributed by atoms with E-state index in [1.807, 2.05) is 31.2 Å². The summed E-state index contributed by atoms with van der Waals surface area (Å²) in [5, 5.41) is 5.54. The van der Waals surface area contributed by atoms with E-state index in [9.17, 15) is 0 Å². The Kier molecular flexibility index (Phi) is 4.36. The van der Waals surface area contributed by atoms with Crippen LogP contribution >= 0.6 is 11.3 Å². The van der Waals surface area contributed by atoms with Crippen LogP contribution in [0.2, 0.25) is 0 Å². The monoisotopic (exact) mass is 352 g/mol. The minimum absolute atomic E-state index is 0.765. The number of ether oxygens (including phenoxy) is 1. The van der Waals surface area contributed by atoms with E-state index in [2.05, 4.69) is 20.5 Å². The van der Waals surface area contributed by atoms with E-state index in [0.29, 0.717) is 0 Å². The zero-order valence-electron chi connectivity index (χ0n) is 14.4. The molecule has 5 nitrogen and oxygen atoms in total. The van der Waals surface area contributed by atoms with Crippen LogP contribution in [0.15, 0.2) is 29.4 Å². The summed E-state index contributed by atoms with van der Waals surface area (Å²) in [4.78, 5) is 11.7. The van der Waals surface area contributed by atoms with Gasteiger partial charge in [-0.2, -0.15) is 5.10 Å². The van der Waals surface area contributed by atoms with Gasteiger partial charge in [-0.3, -0.25) is 5.43 Å². The summed E-state index contributed by atoms with van der Waals surface area (Å²) in [6, 6.07) is 7.80. The average molecular weight is 352 g/mol. The average Bonchev–Trinajstić information content (AvgIpc) is 3.00. The number of benzene rings is 1. The van der Waals surface area contributed by atoms with Gasteiger partial charge < -0.3 is 4.74 Å². The molecule has 1 aliphatic carbocycles. The Morgan fingerprint density at radius 2 is 2.04 bits per heavy atom. The fourth-order valence-corrected chi connectivity index (χ4v) is 4.59. The molecule has 0 radical (unpaired) electrons. The Morgan fingerprint density at radius 1 is 1.20 bits per heavy atom. The lowest BCUT2D eigenvalue weighted by atomic mass is 9.97. The van der Waals surface area contributed by atoms with E-state index in [1.54, 1.807) is 24.7 Å². The first-order chi connectivity index (χ1) is 12.3. The van der Waals surface area contributed by atoms with Crippen LogP contribution in [0.1, 0.15) is 34.7 Å². The molecular formula is C19H20N4OS. The van der Waals surface area contributed by atoms with Crippen molar-refractivity contribution in [1.29, 1.82) is 0 Å². The van der Waals surface area contributed by atoms with Gasteiger partial charge in [0.05, 0.1) is 18.7 Å². The topological polar surface area (TPSA) is 59.4 Å². The molecule has 1 N–H and O–H groups in total. The van der Waals surface area contributed by atoms with Crippen molar-refractivity contribution >= 4 is 33.6 Å². The van der Waals surface area contributed by atoms with Crippen LogP contribution in [0, 0.1) is 6.92 Å². The summed E-state index contributed by atoms with van der Waals surface area (Å²) in [7, 11) is 1.66. The third kappa shape index (κ3) is 3.09. The summed E-state index contributed by atoms with van der Waals surface area (Å²) >= 11 is 1.80. The van der Waals surface area contributed by atoms with Crippen LogP contribution in [-0.2, 0) is 12.8 Å². The van der Waals surface area contributed by atoms with Gasteiger partial charge in [0.25, 0.3) is 0 Å². The molecular weight excluding hydrogens is 332 g/mol. The lowest BCUT2D eigenvalue weighted by Gasteiger charge is -2.11. The quantitative estimate of drug-likeness (QED) is 0.561. The number of methoxy groups -OCH3 is 1. The van der Waals surface area contributed by atoms with E-state index < -0.39 is 0 Å². The van der Waals surface area contributed by atoms with Crippen molar-refractivity contribution in [1.82, 2.24) is 9.97 Å². The van der Waals surface area contributed by atoms with Crippen LogP contribution in [0.4, 0.5) is 5.82 Å². The molecule has 1 aliphatic rings. The van der Waals surface area contributed by atoms with E-state index in [1.165, 1.54) is 23.3 Å². The molecule has 0 aliphatic heterocycles. The highest BCUT2D eigenvalue weighted by Crippen LogP contribution is 2.38. The number of nitrogens with one attached hydrogen (secondary N) is 1. The Bertz CT molecular complexity index is 948. The first kappa shape index (κ1) is 16.0. The molecule has 0 saturated carbocycles. The van der Waals surface area contributed by atoms with Crippen LogP contribution in [0.25, 0.3) is 10.2 Å². The lowest BCUT2D eigenvalue weighted by molar-refractivity contribution is 0.414. The highest BCUT2D eigenvalue weighted by atomic mass is 32.1. The number of anilines is 1. The van der Waals surface area contributed by atoms with Crippen LogP contribution < -0.4 is 10.2 Å². The number of aromatic nitrogens is 2. The van der Waals surface area contributed by atoms with Gasteiger partial charge >= 0.3 is 0 Å². The fraction of sp³-hybridized carbons (Fsp3) is 0.316. The standard InChI is InChI=1S/C19H20N4OS/c1-12-21-18(23-20-11-13-7-3-5-9-15(13)24-2)17-14-8-4-6-10-16(14)25-19(17)22-12/h3,5,7,9,11H,4,6,8,10H2,1-2H3,(H,21,22,23)/b20-11+. The molecule has 25 heavy (non-hydrogen) atoms. The molecule has 0 fully saturated rings. The Labute approximate surface area is 150 Å². The Balaban J connectivity index is 1.69. The number of fused-ring (bicyclic) bond motifs is 3. The normalized spacial score (nSPS) is 14.0. The molecule has 128 valence electrons. The highest BCUT2D eigenvalue weighted by molar-refractivity contribution is 7.19. The molecule has 0 unspecified atom stereocenters. The van der Waals surface area contributed by atoms with Gasteiger partial charge in [-0.15, -0.1) is 11.3 Å². The van der Waals surface area contributed by atoms with Crippen molar-refractivity contribution in [2.75, 3.05) is 12.5 Å². The van der Waals surface area contributed by atoms with Crippen molar-refractivity contribution in [3.8, 4) is 5.75 Å². The number of para-hydroxylation sites is 1. The number of hydrazone groups is 1. The highest BCUT2D eigenvalue weighted by Gasteiger charge is 2.20. The number of rotatable bonds is 4. The van der Waals surface area contributed by atoms with Gasteiger partial charge in [0.2, 0.25) is 0 Å². The van der Waals surface area contributed by atoms with Gasteiger partial charge in [-0.25, -0.2) is 9.97 Å². The van der Waals surface area contributed by atoms with Crippen molar-refractivity contribution in [2.24, 2.45) is 5.10 Å². The number of hydrogen-bond acceptors (Lipinski definition) is 6. The van der Waals surface area contributed by atoms with E-state index >= 15 is 0 Å². The molecule has 0 amide bonds. The molecule has 6 heteroatoms. The summed E-state index contributed by atoms with van der Waals surface area (Å²) in [6.07, 6.45) is 6.52. The van der Waals surface area contributed by atoms with Gasteiger partial charge in [-0.05, 0) is 50.3 Å². The van der Waals surface area contributed by atoms with E-state index in [-0.39, 0.29) is 0 Å². The zero-order chi connectivity index (χ0) is 17.2. The molecule has 0 bridgehead atoms. The van der Waals surface area contributed by atoms with Crippen LogP contribution in [0.3, 0.4) is 0 Å². The molecule has 0 spiro atoms. The van der Waals surface area contributed by atoms with E-state index in [0.717, 1.165) is 46.0 Å². The van der Waals surface area contributed by atoms with Crippen molar-refractivity contribution in [2.45, 2.75) is 32.6 Å². The first-order valence-electron chi connectivity index (χ1n) is 8.47. The van der Waals surface area contributed by atoms with Gasteiger partial charge in [0, 0.05) is 10.4 Å². The van der Waals surface area contributed by atoms with Gasteiger partial charge in [0.1, 0.15) is 16.4 Å². The summed E-state index contributed by atoms with van der Waals surface area (Å²) < 4.78 is 5.36. The molecule has 4 rings (SSSR count). The van der Waals surface area contributed by atoms with Crippen molar-refractivity contribution in [3.05, 3.63) is 46.1 Å². The van der Waals surface area contributed by atoms with Crippen LogP contribution in [-0.4, -0.2) is 23.3 Å². The number of nitrogens with zero attached hydrogens (tertiary/aromatic N) is 3. The zero-order valence-corrected chi connectivity index (χ0v) is 15.2. The SMILES string of the molecule is COc1ccccc1/C=N/Nc1nc(C)nc2sc3c(c12)CCCC3. The van der Waals surface area contributed by atoms with Gasteiger partial charge in [-0.1, -0.05) is 12.1 Å². The fourth-order valence-electron chi connectivity index (χ4n) is 3.28. The van der Waals surface area contributed by atoms with Gasteiger partial charge in [0.15, 0.2) is 5.82 Å². The smallest absolute Gasteiger partial charge is 0.158 e. The predicted molar refractivity (Wildman–Crippen MR) is 103 cm³/mol. The van der Waals surface area contributed by atoms with Crippen molar-refractivity contribution in [3.63, 3.8) is 0 Å². The number of hydrogen-bond donors (Lipinski definition) is 1. The Morgan fingerprint density at radius 3 is 2.92 bits per heavy atom. The molecule has 2 heterocycles. The molecule has 1 aromatic carbocycles. The number of thiophene rings is 1. The summed E-state index contributed by atoms with van der Waals surface area (Å²) in [5.74, 6) is 2.36. The maximum Gasteiger partial charge on any atom is 0.158 e. The second kappa shape index (κ2) is 6.80. The molecule has 0 saturated heterocycles.